The quantitative estimate of drug-likeness (QED) is 0.899. The summed E-state index contributed by atoms with van der Waals surface area (Å²) in [5, 5.41) is 0. The maximum Gasteiger partial charge on any atom is 0.256 e. The van der Waals surface area contributed by atoms with Gasteiger partial charge in [0.25, 0.3) is 5.91 Å². The number of aromatic nitrogens is 2. The van der Waals surface area contributed by atoms with E-state index < -0.39 is 0 Å². The third-order valence-electron chi connectivity index (χ3n) is 3.33. The van der Waals surface area contributed by atoms with E-state index in [1.54, 1.807) is 23.4 Å². The predicted molar refractivity (Wildman–Crippen MR) is 79.3 cm³/mol. The molecule has 1 heterocycles. The minimum absolute atomic E-state index is 0.0149. The van der Waals surface area contributed by atoms with Crippen LogP contribution in [0.2, 0.25) is 0 Å². The minimum atomic E-state index is -0.0149. The van der Waals surface area contributed by atoms with Gasteiger partial charge in [-0.2, -0.15) is 0 Å². The summed E-state index contributed by atoms with van der Waals surface area (Å²) in [5.74, 6) is 0.263. The van der Waals surface area contributed by atoms with E-state index in [9.17, 15) is 4.79 Å². The van der Waals surface area contributed by atoms with Gasteiger partial charge in [-0.15, -0.1) is 0 Å². The molecule has 1 unspecified atom stereocenters. The molecule has 5 nitrogen and oxygen atoms in total. The number of nitrogens with two attached hydrogens (primary N) is 1. The Morgan fingerprint density at radius 3 is 2.80 bits per heavy atom. The number of fused-ring (bicyclic) bond motifs is 1. The Bertz CT molecular complexity index is 594. The molecule has 106 valence electrons. The van der Waals surface area contributed by atoms with Gasteiger partial charge in [-0.1, -0.05) is 13.0 Å². The summed E-state index contributed by atoms with van der Waals surface area (Å²) in [7, 11) is 0. The van der Waals surface area contributed by atoms with E-state index in [1.165, 1.54) is 0 Å². The first kappa shape index (κ1) is 14.4. The van der Waals surface area contributed by atoms with Crippen LogP contribution in [0.5, 0.6) is 0 Å². The summed E-state index contributed by atoms with van der Waals surface area (Å²) in [4.78, 5) is 23.0. The Morgan fingerprint density at radius 2 is 2.10 bits per heavy atom. The van der Waals surface area contributed by atoms with E-state index in [-0.39, 0.29) is 11.8 Å². The number of hydrogen-bond acceptors (Lipinski definition) is 4. The molecule has 5 heteroatoms. The first-order chi connectivity index (χ1) is 9.67. The van der Waals surface area contributed by atoms with Crippen LogP contribution in [0.1, 0.15) is 24.2 Å². The molecule has 0 bridgehead atoms. The number of nitrogens with zero attached hydrogens (tertiary/aromatic N) is 3. The molecule has 1 atom stereocenters. The molecule has 0 saturated carbocycles. The average molecular weight is 272 g/mol. The average Bonchev–Trinajstić information content (AvgIpc) is 2.51. The lowest BCUT2D eigenvalue weighted by Gasteiger charge is -2.24. The van der Waals surface area contributed by atoms with E-state index in [1.807, 2.05) is 26.0 Å². The molecule has 0 radical (unpaired) electrons. The van der Waals surface area contributed by atoms with Crippen molar-refractivity contribution in [2.24, 2.45) is 11.7 Å². The Labute approximate surface area is 118 Å². The van der Waals surface area contributed by atoms with Crippen LogP contribution >= 0.6 is 0 Å². The number of benzene rings is 1. The first-order valence-electron chi connectivity index (χ1n) is 6.86. The van der Waals surface area contributed by atoms with Gasteiger partial charge in [0.1, 0.15) is 5.52 Å². The molecule has 1 aromatic heterocycles. The highest BCUT2D eigenvalue weighted by Crippen LogP contribution is 2.16. The van der Waals surface area contributed by atoms with Gasteiger partial charge < -0.3 is 10.6 Å². The van der Waals surface area contributed by atoms with E-state index in [2.05, 4.69) is 9.97 Å². The van der Waals surface area contributed by atoms with Crippen LogP contribution in [0.15, 0.2) is 30.6 Å². The molecule has 0 aliphatic rings. The van der Waals surface area contributed by atoms with Crippen LogP contribution in [-0.4, -0.2) is 40.4 Å². The highest BCUT2D eigenvalue weighted by molar-refractivity contribution is 6.04. The molecule has 0 saturated heterocycles. The highest BCUT2D eigenvalue weighted by Gasteiger charge is 2.19. The minimum Gasteiger partial charge on any atom is -0.339 e. The number of carbonyl (C=O) groups is 1. The van der Waals surface area contributed by atoms with Gasteiger partial charge in [0.2, 0.25) is 0 Å². The summed E-state index contributed by atoms with van der Waals surface area (Å²) in [6.07, 6.45) is 3.24. The van der Waals surface area contributed by atoms with Crippen molar-refractivity contribution >= 4 is 16.9 Å². The number of carbonyl (C=O) groups excluding carboxylic acids is 1. The molecule has 2 N–H and O–H groups in total. The number of hydrogen-bond donors (Lipinski definition) is 1. The van der Waals surface area contributed by atoms with Crippen LogP contribution in [0.4, 0.5) is 0 Å². The Hall–Kier alpha value is -2.01. The second-order valence-corrected chi connectivity index (χ2v) is 4.91. The second-order valence-electron chi connectivity index (χ2n) is 4.91. The van der Waals surface area contributed by atoms with Gasteiger partial charge in [-0.3, -0.25) is 14.8 Å². The lowest BCUT2D eigenvalue weighted by Crippen LogP contribution is -2.36. The molecule has 0 aliphatic carbocycles. The van der Waals surface area contributed by atoms with Gasteiger partial charge in [0, 0.05) is 25.5 Å². The maximum atomic E-state index is 12.7. The third-order valence-corrected chi connectivity index (χ3v) is 3.33. The predicted octanol–water partition coefficient (Wildman–Crippen LogP) is 1.69. The van der Waals surface area contributed by atoms with Crippen molar-refractivity contribution in [1.29, 1.82) is 0 Å². The Morgan fingerprint density at radius 1 is 1.35 bits per heavy atom. The van der Waals surface area contributed by atoms with Crippen LogP contribution < -0.4 is 5.73 Å². The number of amides is 1. The maximum absolute atomic E-state index is 12.7. The number of rotatable bonds is 5. The van der Waals surface area contributed by atoms with Gasteiger partial charge in [0.05, 0.1) is 11.1 Å². The molecular weight excluding hydrogens is 252 g/mol. The SMILES string of the molecule is CCN(CC(C)CN)C(=O)c1cccc2nccnc12. The van der Waals surface area contributed by atoms with E-state index >= 15 is 0 Å². The fourth-order valence-corrected chi connectivity index (χ4v) is 2.14. The van der Waals surface area contributed by atoms with Crippen molar-refractivity contribution in [2.75, 3.05) is 19.6 Å². The van der Waals surface area contributed by atoms with Crippen LogP contribution in [0.3, 0.4) is 0 Å². The normalized spacial score (nSPS) is 12.3. The second kappa shape index (κ2) is 6.43. The molecule has 1 amide bonds. The molecule has 0 aliphatic heterocycles. The lowest BCUT2D eigenvalue weighted by atomic mass is 10.1. The van der Waals surface area contributed by atoms with E-state index in [0.29, 0.717) is 30.7 Å². The zero-order valence-electron chi connectivity index (χ0n) is 11.9. The summed E-state index contributed by atoms with van der Waals surface area (Å²) in [6.45, 7) is 5.89. The van der Waals surface area contributed by atoms with Crippen molar-refractivity contribution in [3.8, 4) is 0 Å². The Balaban J connectivity index is 2.34. The van der Waals surface area contributed by atoms with Crippen molar-refractivity contribution in [3.63, 3.8) is 0 Å². The van der Waals surface area contributed by atoms with Crippen LogP contribution in [-0.2, 0) is 0 Å². The molecule has 0 fully saturated rings. The molecule has 1 aromatic carbocycles. The summed E-state index contributed by atoms with van der Waals surface area (Å²) < 4.78 is 0. The molecular formula is C15H20N4O. The van der Waals surface area contributed by atoms with Gasteiger partial charge in [-0.25, -0.2) is 0 Å². The third kappa shape index (κ3) is 2.93. The topological polar surface area (TPSA) is 72.1 Å². The lowest BCUT2D eigenvalue weighted by molar-refractivity contribution is 0.0745. The standard InChI is InChI=1S/C15H20N4O/c1-3-19(10-11(2)9-16)15(20)12-5-4-6-13-14(12)18-8-7-17-13/h4-8,11H,3,9-10,16H2,1-2H3. The Kier molecular flexibility index (Phi) is 4.63. The molecule has 20 heavy (non-hydrogen) atoms. The van der Waals surface area contributed by atoms with Crippen molar-refractivity contribution in [1.82, 2.24) is 14.9 Å². The van der Waals surface area contributed by atoms with E-state index in [4.69, 9.17) is 5.73 Å². The fourth-order valence-electron chi connectivity index (χ4n) is 2.14. The zero-order chi connectivity index (χ0) is 14.5. The van der Waals surface area contributed by atoms with Crippen LogP contribution in [0, 0.1) is 5.92 Å². The molecule has 0 spiro atoms. The zero-order valence-corrected chi connectivity index (χ0v) is 11.9. The molecule has 2 aromatic rings. The molecule has 2 rings (SSSR count). The van der Waals surface area contributed by atoms with Crippen molar-refractivity contribution in [3.05, 3.63) is 36.2 Å². The van der Waals surface area contributed by atoms with Gasteiger partial charge >= 0.3 is 0 Å². The van der Waals surface area contributed by atoms with Gasteiger partial charge in [-0.05, 0) is 31.5 Å². The fraction of sp³-hybridized carbons (Fsp3) is 0.400. The van der Waals surface area contributed by atoms with E-state index in [0.717, 1.165) is 5.52 Å². The summed E-state index contributed by atoms with van der Waals surface area (Å²) in [5.41, 5.74) is 7.63. The van der Waals surface area contributed by atoms with Crippen molar-refractivity contribution in [2.45, 2.75) is 13.8 Å². The number of para-hydroxylation sites is 1. The van der Waals surface area contributed by atoms with Gasteiger partial charge in [0.15, 0.2) is 0 Å². The smallest absolute Gasteiger partial charge is 0.256 e. The monoisotopic (exact) mass is 272 g/mol. The largest absolute Gasteiger partial charge is 0.339 e. The summed E-state index contributed by atoms with van der Waals surface area (Å²) >= 11 is 0. The highest BCUT2D eigenvalue weighted by atomic mass is 16.2. The van der Waals surface area contributed by atoms with Crippen molar-refractivity contribution < 1.29 is 4.79 Å². The summed E-state index contributed by atoms with van der Waals surface area (Å²) in [6, 6.07) is 5.50. The van der Waals surface area contributed by atoms with Crippen LogP contribution in [0.25, 0.3) is 11.0 Å². The first-order valence-corrected chi connectivity index (χ1v) is 6.86.